The molecule has 246 valence electrons. The van der Waals surface area contributed by atoms with Crippen molar-refractivity contribution in [1.82, 2.24) is 20.4 Å². The van der Waals surface area contributed by atoms with Gasteiger partial charge in [-0.15, -0.1) is 0 Å². The highest BCUT2D eigenvalue weighted by atomic mass is 32.2. The largest absolute Gasteiger partial charge is 0.416 e. The smallest absolute Gasteiger partial charge is 0.370 e. The van der Waals surface area contributed by atoms with Gasteiger partial charge in [-0.05, 0) is 81.2 Å². The van der Waals surface area contributed by atoms with Crippen LogP contribution < -0.4 is 10.6 Å². The minimum atomic E-state index is -4.63. The van der Waals surface area contributed by atoms with Gasteiger partial charge in [-0.2, -0.15) is 13.2 Å². The van der Waals surface area contributed by atoms with E-state index in [1.54, 1.807) is 11.0 Å². The zero-order chi connectivity index (χ0) is 32.9. The van der Waals surface area contributed by atoms with Crippen LogP contribution in [0.2, 0.25) is 0 Å². The van der Waals surface area contributed by atoms with E-state index in [1.165, 1.54) is 19.1 Å². The number of likely N-dealkylation sites (tertiary alicyclic amines) is 2. The molecule has 9 nitrogen and oxygen atoms in total. The first-order chi connectivity index (χ1) is 21.1. The van der Waals surface area contributed by atoms with Crippen LogP contribution in [0.1, 0.15) is 74.7 Å². The van der Waals surface area contributed by atoms with Crippen molar-refractivity contribution in [2.45, 2.75) is 71.0 Å². The number of nitrogens with one attached hydrogen (secondary N) is 2. The summed E-state index contributed by atoms with van der Waals surface area (Å²) in [7, 11) is -3.66. The van der Waals surface area contributed by atoms with E-state index in [1.807, 2.05) is 6.92 Å². The molecule has 2 N–H and O–H groups in total. The van der Waals surface area contributed by atoms with E-state index in [-0.39, 0.29) is 39.9 Å². The molecule has 0 radical (unpaired) electrons. The van der Waals surface area contributed by atoms with Gasteiger partial charge in [-0.1, -0.05) is 12.1 Å². The summed E-state index contributed by atoms with van der Waals surface area (Å²) in [5.41, 5.74) is 0.576. The highest BCUT2D eigenvalue weighted by Crippen LogP contribution is 2.32. The molecular weight excluding hydrogens is 609 g/mol. The van der Waals surface area contributed by atoms with Crippen molar-refractivity contribution in [3.63, 3.8) is 0 Å². The Labute approximate surface area is 262 Å². The molecule has 3 amide bonds. The van der Waals surface area contributed by atoms with Gasteiger partial charge in [-0.3, -0.25) is 14.4 Å². The second-order valence-electron chi connectivity index (χ2n) is 12.1. The molecule has 0 aromatic heterocycles. The predicted molar refractivity (Wildman–Crippen MR) is 164 cm³/mol. The second-order valence-corrected chi connectivity index (χ2v) is 14.2. The molecule has 2 aliphatic heterocycles. The van der Waals surface area contributed by atoms with Gasteiger partial charge in [0, 0.05) is 57.4 Å². The minimum Gasteiger partial charge on any atom is -0.370 e. The zero-order valence-electron chi connectivity index (χ0n) is 25.9. The Morgan fingerprint density at radius 2 is 1.78 bits per heavy atom. The third kappa shape index (κ3) is 9.21. The maximum Gasteiger partial charge on any atom is 0.416 e. The normalized spacial score (nSPS) is 20.5. The summed E-state index contributed by atoms with van der Waals surface area (Å²) >= 11 is 0. The van der Waals surface area contributed by atoms with E-state index in [2.05, 4.69) is 15.5 Å². The molecule has 45 heavy (non-hydrogen) atoms. The van der Waals surface area contributed by atoms with E-state index >= 15 is 0 Å². The first-order valence-electron chi connectivity index (χ1n) is 15.2. The number of carbonyl (C=O) groups is 3. The van der Waals surface area contributed by atoms with E-state index in [0.717, 1.165) is 42.9 Å². The van der Waals surface area contributed by atoms with E-state index in [0.29, 0.717) is 64.0 Å². The molecule has 0 saturated carbocycles. The first-order valence-corrected chi connectivity index (χ1v) is 17.1. The number of sulfone groups is 1. The summed E-state index contributed by atoms with van der Waals surface area (Å²) < 4.78 is 65.1. The van der Waals surface area contributed by atoms with Gasteiger partial charge in [0.15, 0.2) is 9.84 Å². The molecule has 0 spiro atoms. The third-order valence-corrected chi connectivity index (χ3v) is 9.72. The van der Waals surface area contributed by atoms with Crippen LogP contribution in [0.4, 0.5) is 13.2 Å². The van der Waals surface area contributed by atoms with Crippen LogP contribution in [0.5, 0.6) is 0 Å². The number of alkyl halides is 3. The quantitative estimate of drug-likeness (QED) is 0.448. The Bertz CT molecular complexity index is 1510. The molecular formula is C32H41F3N4O5S. The molecule has 0 bridgehead atoms. The number of hydrogen-bond donors (Lipinski definition) is 2. The molecule has 13 heteroatoms. The van der Waals surface area contributed by atoms with Crippen molar-refractivity contribution >= 4 is 27.6 Å². The molecule has 1 unspecified atom stereocenters. The summed E-state index contributed by atoms with van der Waals surface area (Å²) in [5.74, 6) is -0.730. The molecule has 2 heterocycles. The van der Waals surface area contributed by atoms with E-state index in [9.17, 15) is 36.0 Å². The van der Waals surface area contributed by atoms with Crippen LogP contribution >= 0.6 is 0 Å². The van der Waals surface area contributed by atoms with Gasteiger partial charge in [0.2, 0.25) is 11.8 Å². The number of piperidine rings is 2. The van der Waals surface area contributed by atoms with Gasteiger partial charge in [0.25, 0.3) is 5.91 Å². The molecule has 4 rings (SSSR count). The Hall–Kier alpha value is -3.61. The van der Waals surface area contributed by atoms with Crippen LogP contribution in [0.15, 0.2) is 58.3 Å². The fourth-order valence-corrected chi connectivity index (χ4v) is 6.92. The average molecular weight is 651 g/mol. The van der Waals surface area contributed by atoms with Crippen molar-refractivity contribution in [1.29, 1.82) is 0 Å². The number of halogens is 3. The molecule has 2 saturated heterocycles. The highest BCUT2D eigenvalue weighted by molar-refractivity contribution is 7.94. The van der Waals surface area contributed by atoms with E-state index in [4.69, 9.17) is 0 Å². The Balaban J connectivity index is 1.49. The van der Waals surface area contributed by atoms with Crippen LogP contribution in [-0.4, -0.2) is 74.4 Å². The second kappa shape index (κ2) is 14.2. The Kier molecular flexibility index (Phi) is 10.8. The average Bonchev–Trinajstić information content (AvgIpc) is 2.95. The van der Waals surface area contributed by atoms with Crippen molar-refractivity contribution in [2.75, 3.05) is 32.4 Å². The van der Waals surface area contributed by atoms with Crippen molar-refractivity contribution < 1.29 is 36.0 Å². The first kappa shape index (κ1) is 34.3. The number of nitrogens with zero attached hydrogens (tertiary/aromatic N) is 2. The topological polar surface area (TPSA) is 116 Å². The monoisotopic (exact) mass is 650 g/mol. The molecule has 1 aromatic carbocycles. The van der Waals surface area contributed by atoms with Gasteiger partial charge in [0.1, 0.15) is 0 Å². The van der Waals surface area contributed by atoms with Gasteiger partial charge >= 0.3 is 6.18 Å². The van der Waals surface area contributed by atoms with E-state index < -0.39 is 27.5 Å². The predicted octanol–water partition coefficient (Wildman–Crippen LogP) is 4.54. The Morgan fingerprint density at radius 3 is 2.42 bits per heavy atom. The third-order valence-electron chi connectivity index (χ3n) is 8.58. The fourth-order valence-electron chi connectivity index (χ4n) is 6.16. The number of benzene rings is 1. The molecule has 1 aliphatic carbocycles. The minimum absolute atomic E-state index is 0.00119. The zero-order valence-corrected chi connectivity index (χ0v) is 26.7. The summed E-state index contributed by atoms with van der Waals surface area (Å²) in [6.45, 7) is 5.72. The SMILES string of the molecule is CC(=O)N1CCCC(NC(=O)CC2CCN(C3=C(C)CCC=C(S(C)(=O)=O)C=C3NC(=O)c3cccc(C(F)(F)F)c3)CC2)C1. The summed E-state index contributed by atoms with van der Waals surface area (Å²) in [5, 5.41) is 5.80. The number of allylic oxidation sites excluding steroid dienone is 3. The number of hydrogen-bond acceptors (Lipinski definition) is 6. The molecule has 1 aromatic rings. The molecule has 1 atom stereocenters. The van der Waals surface area contributed by atoms with Crippen molar-refractivity contribution in [2.24, 2.45) is 5.92 Å². The van der Waals surface area contributed by atoms with Crippen molar-refractivity contribution in [3.8, 4) is 0 Å². The lowest BCUT2D eigenvalue weighted by molar-refractivity contribution is -0.137. The standard InChI is InChI=1S/C32H41F3N4O5S/c1-21-7-4-11-27(45(3,43)44)19-28(37-31(42)24-8-5-9-25(18-24)32(33,34)35)30(21)38-15-12-23(13-16-38)17-29(41)36-26-10-6-14-39(20-26)22(2)40/h5,8-9,11,18-19,23,26H,4,6-7,10,12-17,20H2,1-3H3,(H,36,41)(H,37,42). The number of rotatable bonds is 7. The van der Waals surface area contributed by atoms with Crippen LogP contribution in [0, 0.1) is 5.92 Å². The van der Waals surface area contributed by atoms with Gasteiger partial charge < -0.3 is 20.4 Å². The Morgan fingerprint density at radius 1 is 1.07 bits per heavy atom. The molecule has 2 fully saturated rings. The van der Waals surface area contributed by atoms with Gasteiger partial charge in [0.05, 0.1) is 21.9 Å². The van der Waals surface area contributed by atoms with Crippen LogP contribution in [-0.2, 0) is 25.6 Å². The lowest BCUT2D eigenvalue weighted by Crippen LogP contribution is -2.49. The summed E-state index contributed by atoms with van der Waals surface area (Å²) in [4.78, 5) is 41.7. The summed E-state index contributed by atoms with van der Waals surface area (Å²) in [6, 6.07) is 4.01. The summed E-state index contributed by atoms with van der Waals surface area (Å²) in [6.07, 6.45) is 3.76. The van der Waals surface area contributed by atoms with Crippen molar-refractivity contribution in [3.05, 3.63) is 69.4 Å². The lowest BCUT2D eigenvalue weighted by atomic mass is 9.91. The maximum atomic E-state index is 13.3. The lowest BCUT2D eigenvalue weighted by Gasteiger charge is -2.38. The van der Waals surface area contributed by atoms with Crippen LogP contribution in [0.25, 0.3) is 0 Å². The molecule has 3 aliphatic rings. The number of carbonyl (C=O) groups excluding carboxylic acids is 3. The van der Waals surface area contributed by atoms with Gasteiger partial charge in [-0.25, -0.2) is 8.42 Å². The number of amides is 3. The van der Waals surface area contributed by atoms with Crippen LogP contribution in [0.3, 0.4) is 0 Å². The highest BCUT2D eigenvalue weighted by Gasteiger charge is 2.32. The fraction of sp³-hybridized carbons (Fsp3) is 0.531. The maximum absolute atomic E-state index is 13.3.